The van der Waals surface area contributed by atoms with Crippen LogP contribution in [0.1, 0.15) is 31.7 Å². The predicted molar refractivity (Wildman–Crippen MR) is 115 cm³/mol. The molecule has 0 unspecified atom stereocenters. The SMILES string of the molecule is CCc1ccc(O[C@H](CC)C(=O)NCc2nc(-c3ccc(OC)cc3OC)no2)cc1. The highest BCUT2D eigenvalue weighted by molar-refractivity contribution is 5.81. The third kappa shape index (κ3) is 5.53. The number of hydrogen-bond acceptors (Lipinski definition) is 7. The fourth-order valence-corrected chi connectivity index (χ4v) is 2.99. The maximum Gasteiger partial charge on any atom is 0.261 e. The van der Waals surface area contributed by atoms with Crippen molar-refractivity contribution in [2.75, 3.05) is 14.2 Å². The van der Waals surface area contributed by atoms with Crippen LogP contribution in [-0.4, -0.2) is 36.4 Å². The Labute approximate surface area is 181 Å². The molecule has 3 aromatic rings. The standard InChI is InChI=1S/C23H27N3O5/c1-5-15-7-9-16(10-8-15)30-19(6-2)23(27)24-14-21-25-22(26-31-21)18-12-11-17(28-3)13-20(18)29-4/h7-13,19H,5-6,14H2,1-4H3,(H,24,27)/t19-/m1/s1. The molecule has 0 aliphatic carbocycles. The molecule has 8 nitrogen and oxygen atoms in total. The first-order chi connectivity index (χ1) is 15.1. The van der Waals surface area contributed by atoms with Gasteiger partial charge in [-0.25, -0.2) is 0 Å². The van der Waals surface area contributed by atoms with Crippen molar-refractivity contribution in [3.8, 4) is 28.6 Å². The largest absolute Gasteiger partial charge is 0.497 e. The van der Waals surface area contributed by atoms with E-state index in [1.807, 2.05) is 31.2 Å². The number of methoxy groups -OCH3 is 2. The molecular weight excluding hydrogens is 398 g/mol. The molecule has 1 atom stereocenters. The molecule has 1 heterocycles. The summed E-state index contributed by atoms with van der Waals surface area (Å²) in [6, 6.07) is 13.0. The van der Waals surface area contributed by atoms with Gasteiger partial charge in [0.2, 0.25) is 11.7 Å². The maximum atomic E-state index is 12.6. The molecule has 0 saturated carbocycles. The second kappa shape index (κ2) is 10.5. The van der Waals surface area contributed by atoms with Gasteiger partial charge < -0.3 is 24.1 Å². The Bertz CT molecular complexity index is 1000. The molecule has 164 valence electrons. The van der Waals surface area contributed by atoms with Crippen LogP contribution < -0.4 is 19.5 Å². The monoisotopic (exact) mass is 425 g/mol. The fraction of sp³-hybridized carbons (Fsp3) is 0.348. The Morgan fingerprint density at radius 1 is 1.06 bits per heavy atom. The van der Waals surface area contributed by atoms with E-state index in [4.69, 9.17) is 18.7 Å². The Hall–Kier alpha value is -3.55. The van der Waals surface area contributed by atoms with Crippen LogP contribution in [0.5, 0.6) is 17.2 Å². The number of nitrogens with one attached hydrogen (secondary N) is 1. The zero-order chi connectivity index (χ0) is 22.2. The molecule has 0 fully saturated rings. The second-order valence-electron chi connectivity index (χ2n) is 6.81. The molecule has 0 saturated heterocycles. The van der Waals surface area contributed by atoms with Gasteiger partial charge in [0.25, 0.3) is 5.91 Å². The van der Waals surface area contributed by atoms with Crippen LogP contribution >= 0.6 is 0 Å². The normalized spacial score (nSPS) is 11.6. The van der Waals surface area contributed by atoms with Crippen molar-refractivity contribution in [3.63, 3.8) is 0 Å². The van der Waals surface area contributed by atoms with Crippen LogP contribution in [0.4, 0.5) is 0 Å². The van der Waals surface area contributed by atoms with E-state index >= 15 is 0 Å². The summed E-state index contributed by atoms with van der Waals surface area (Å²) < 4.78 is 21.7. The lowest BCUT2D eigenvalue weighted by molar-refractivity contribution is -0.128. The predicted octanol–water partition coefficient (Wildman–Crippen LogP) is 3.79. The zero-order valence-corrected chi connectivity index (χ0v) is 18.2. The molecule has 0 spiro atoms. The second-order valence-corrected chi connectivity index (χ2v) is 6.81. The van der Waals surface area contributed by atoms with Crippen molar-refractivity contribution in [1.82, 2.24) is 15.5 Å². The van der Waals surface area contributed by atoms with Crippen LogP contribution in [0.25, 0.3) is 11.4 Å². The number of carbonyl (C=O) groups excluding carboxylic acids is 1. The van der Waals surface area contributed by atoms with E-state index in [1.54, 1.807) is 32.4 Å². The van der Waals surface area contributed by atoms with Gasteiger partial charge in [0, 0.05) is 6.07 Å². The summed E-state index contributed by atoms with van der Waals surface area (Å²) in [5.74, 6) is 2.27. The van der Waals surface area contributed by atoms with E-state index in [1.165, 1.54) is 5.56 Å². The Morgan fingerprint density at radius 2 is 1.81 bits per heavy atom. The van der Waals surface area contributed by atoms with Gasteiger partial charge in [-0.1, -0.05) is 31.1 Å². The summed E-state index contributed by atoms with van der Waals surface area (Å²) in [6.07, 6.45) is 0.864. The summed E-state index contributed by atoms with van der Waals surface area (Å²) in [6.45, 7) is 4.08. The highest BCUT2D eigenvalue weighted by Crippen LogP contribution is 2.31. The van der Waals surface area contributed by atoms with Crippen molar-refractivity contribution >= 4 is 5.91 Å². The topological polar surface area (TPSA) is 95.7 Å². The molecule has 0 radical (unpaired) electrons. The third-order valence-electron chi connectivity index (χ3n) is 4.80. The van der Waals surface area contributed by atoms with Gasteiger partial charge in [-0.2, -0.15) is 4.98 Å². The highest BCUT2D eigenvalue weighted by atomic mass is 16.5. The average Bonchev–Trinajstić information content (AvgIpc) is 3.29. The number of aryl methyl sites for hydroxylation is 1. The summed E-state index contributed by atoms with van der Waals surface area (Å²) in [5, 5.41) is 6.78. The molecule has 0 aliphatic rings. The van der Waals surface area contributed by atoms with E-state index in [9.17, 15) is 4.79 Å². The third-order valence-corrected chi connectivity index (χ3v) is 4.80. The number of nitrogens with zero attached hydrogens (tertiary/aromatic N) is 2. The number of ether oxygens (including phenoxy) is 3. The minimum absolute atomic E-state index is 0.0962. The van der Waals surface area contributed by atoms with Crippen molar-refractivity contribution in [3.05, 3.63) is 53.9 Å². The maximum absolute atomic E-state index is 12.6. The first-order valence-electron chi connectivity index (χ1n) is 10.2. The van der Waals surface area contributed by atoms with E-state index in [2.05, 4.69) is 22.4 Å². The Kier molecular flexibility index (Phi) is 7.48. The molecule has 0 bridgehead atoms. The average molecular weight is 425 g/mol. The van der Waals surface area contributed by atoms with Gasteiger partial charge >= 0.3 is 0 Å². The van der Waals surface area contributed by atoms with Crippen molar-refractivity contribution < 1.29 is 23.5 Å². The van der Waals surface area contributed by atoms with E-state index in [-0.39, 0.29) is 18.3 Å². The van der Waals surface area contributed by atoms with Crippen molar-refractivity contribution in [2.45, 2.75) is 39.3 Å². The van der Waals surface area contributed by atoms with Crippen LogP contribution in [-0.2, 0) is 17.8 Å². The molecule has 8 heteroatoms. The number of rotatable bonds is 10. The zero-order valence-electron chi connectivity index (χ0n) is 18.2. The smallest absolute Gasteiger partial charge is 0.261 e. The van der Waals surface area contributed by atoms with Gasteiger partial charge in [0.05, 0.1) is 26.3 Å². The lowest BCUT2D eigenvalue weighted by atomic mass is 10.1. The molecule has 1 amide bonds. The summed E-state index contributed by atoms with van der Waals surface area (Å²) in [4.78, 5) is 16.9. The molecule has 1 aromatic heterocycles. The van der Waals surface area contributed by atoms with Crippen LogP contribution in [0.15, 0.2) is 47.0 Å². The Morgan fingerprint density at radius 3 is 2.45 bits per heavy atom. The van der Waals surface area contributed by atoms with Crippen LogP contribution in [0, 0.1) is 0 Å². The number of hydrogen-bond donors (Lipinski definition) is 1. The lowest BCUT2D eigenvalue weighted by Gasteiger charge is -2.17. The van der Waals surface area contributed by atoms with Gasteiger partial charge in [0.15, 0.2) is 6.10 Å². The fourth-order valence-electron chi connectivity index (χ4n) is 2.99. The molecule has 31 heavy (non-hydrogen) atoms. The van der Waals surface area contributed by atoms with Crippen molar-refractivity contribution in [1.29, 1.82) is 0 Å². The minimum atomic E-state index is -0.614. The molecule has 3 rings (SSSR count). The minimum Gasteiger partial charge on any atom is -0.497 e. The number of carbonyl (C=O) groups is 1. The van der Waals surface area contributed by atoms with Gasteiger partial charge in [0.1, 0.15) is 17.2 Å². The quantitative estimate of drug-likeness (QED) is 0.528. The van der Waals surface area contributed by atoms with E-state index in [0.29, 0.717) is 35.1 Å². The molecule has 2 aromatic carbocycles. The van der Waals surface area contributed by atoms with Gasteiger partial charge in [-0.3, -0.25) is 4.79 Å². The number of benzene rings is 2. The van der Waals surface area contributed by atoms with Gasteiger partial charge in [-0.05, 0) is 42.7 Å². The summed E-state index contributed by atoms with van der Waals surface area (Å²) >= 11 is 0. The summed E-state index contributed by atoms with van der Waals surface area (Å²) in [5.41, 5.74) is 1.88. The van der Waals surface area contributed by atoms with Crippen LogP contribution in [0.3, 0.4) is 0 Å². The van der Waals surface area contributed by atoms with E-state index < -0.39 is 6.10 Å². The molecule has 0 aliphatic heterocycles. The van der Waals surface area contributed by atoms with E-state index in [0.717, 1.165) is 6.42 Å². The molecule has 1 N–H and O–H groups in total. The highest BCUT2D eigenvalue weighted by Gasteiger charge is 2.20. The van der Waals surface area contributed by atoms with Crippen molar-refractivity contribution in [2.24, 2.45) is 0 Å². The number of amides is 1. The van der Waals surface area contributed by atoms with Gasteiger partial charge in [-0.15, -0.1) is 0 Å². The van der Waals surface area contributed by atoms with Crippen LogP contribution in [0.2, 0.25) is 0 Å². The number of aromatic nitrogens is 2. The lowest BCUT2D eigenvalue weighted by Crippen LogP contribution is -2.37. The Balaban J connectivity index is 1.62. The molecular formula is C23H27N3O5. The summed E-state index contributed by atoms with van der Waals surface area (Å²) in [7, 11) is 3.14. The first-order valence-corrected chi connectivity index (χ1v) is 10.2. The first kappa shape index (κ1) is 22.1.